The summed E-state index contributed by atoms with van der Waals surface area (Å²) in [6.07, 6.45) is 0. The number of pyridine rings is 1. The summed E-state index contributed by atoms with van der Waals surface area (Å²) < 4.78 is 0. The molecule has 0 aliphatic rings. The number of aromatic nitrogens is 1. The van der Waals surface area contributed by atoms with Crippen LogP contribution in [0.4, 0.5) is 5.69 Å². The molecule has 2 aromatic rings. The first-order valence-electron chi connectivity index (χ1n) is 5.70. The minimum absolute atomic E-state index is 0.0161. The number of rotatable bonds is 4. The molecule has 0 unspecified atom stereocenters. The Kier molecular flexibility index (Phi) is 4.27. The van der Waals surface area contributed by atoms with Crippen LogP contribution in [0.5, 0.6) is 0 Å². The predicted molar refractivity (Wildman–Crippen MR) is 73.5 cm³/mol. The fourth-order valence-electron chi connectivity index (χ4n) is 1.59. The molecule has 1 heterocycles. The number of nitro benzene ring substituents is 1. The smallest absolute Gasteiger partial charge is 0.270 e. The standard InChI is InChI=1S/C13H10ClN3O3/c14-12-6-2-5-11(16-12)13(18)15-8-9-3-1-4-10(7-9)17(19)20/h1-7H,8H2,(H,15,18). The van der Waals surface area contributed by atoms with Crippen LogP contribution in [-0.2, 0) is 6.54 Å². The highest BCUT2D eigenvalue weighted by atomic mass is 35.5. The third kappa shape index (κ3) is 3.52. The number of amides is 1. The summed E-state index contributed by atoms with van der Waals surface area (Å²) >= 11 is 5.70. The van der Waals surface area contributed by atoms with E-state index in [0.717, 1.165) is 0 Å². The van der Waals surface area contributed by atoms with Crippen LogP contribution in [0.25, 0.3) is 0 Å². The van der Waals surface area contributed by atoms with Gasteiger partial charge in [0.05, 0.1) is 4.92 Å². The van der Waals surface area contributed by atoms with E-state index in [1.165, 1.54) is 18.2 Å². The van der Waals surface area contributed by atoms with Crippen molar-refractivity contribution < 1.29 is 9.72 Å². The van der Waals surface area contributed by atoms with Crippen LogP contribution in [0, 0.1) is 10.1 Å². The Hall–Kier alpha value is -2.47. The van der Waals surface area contributed by atoms with E-state index in [2.05, 4.69) is 10.3 Å². The van der Waals surface area contributed by atoms with Gasteiger partial charge in [0, 0.05) is 18.7 Å². The monoisotopic (exact) mass is 291 g/mol. The number of hydrogen-bond acceptors (Lipinski definition) is 4. The van der Waals surface area contributed by atoms with Crippen molar-refractivity contribution in [2.45, 2.75) is 6.54 Å². The molecule has 7 heteroatoms. The van der Waals surface area contributed by atoms with Crippen LogP contribution in [0.1, 0.15) is 16.1 Å². The lowest BCUT2D eigenvalue weighted by Gasteiger charge is -2.05. The molecule has 0 fully saturated rings. The Bertz CT molecular complexity index is 661. The van der Waals surface area contributed by atoms with Crippen LogP contribution in [0.2, 0.25) is 5.15 Å². The van der Waals surface area contributed by atoms with Crippen molar-refractivity contribution >= 4 is 23.2 Å². The van der Waals surface area contributed by atoms with Gasteiger partial charge in [-0.3, -0.25) is 14.9 Å². The highest BCUT2D eigenvalue weighted by Crippen LogP contribution is 2.13. The van der Waals surface area contributed by atoms with E-state index in [1.807, 2.05) is 0 Å². The summed E-state index contributed by atoms with van der Waals surface area (Å²) in [5.41, 5.74) is 0.815. The first kappa shape index (κ1) is 14.0. The summed E-state index contributed by atoms with van der Waals surface area (Å²) in [5, 5.41) is 13.5. The average molecular weight is 292 g/mol. The van der Waals surface area contributed by atoms with Crippen LogP contribution in [0.15, 0.2) is 42.5 Å². The third-order valence-corrected chi connectivity index (χ3v) is 2.73. The quantitative estimate of drug-likeness (QED) is 0.533. The van der Waals surface area contributed by atoms with Gasteiger partial charge < -0.3 is 5.32 Å². The fourth-order valence-corrected chi connectivity index (χ4v) is 1.75. The molecule has 0 bridgehead atoms. The summed E-state index contributed by atoms with van der Waals surface area (Å²) in [6.45, 7) is 0.175. The molecule has 1 aromatic heterocycles. The maximum absolute atomic E-state index is 11.8. The summed E-state index contributed by atoms with van der Waals surface area (Å²) in [5.74, 6) is -0.390. The Morgan fingerprint density at radius 3 is 2.75 bits per heavy atom. The molecule has 1 N–H and O–H groups in total. The Labute approximate surface area is 119 Å². The van der Waals surface area contributed by atoms with Gasteiger partial charge in [0.2, 0.25) is 0 Å². The van der Waals surface area contributed by atoms with E-state index in [0.29, 0.717) is 5.56 Å². The van der Waals surface area contributed by atoms with E-state index in [-0.39, 0.29) is 29.0 Å². The van der Waals surface area contributed by atoms with E-state index >= 15 is 0 Å². The minimum atomic E-state index is -0.482. The zero-order chi connectivity index (χ0) is 14.5. The van der Waals surface area contributed by atoms with E-state index < -0.39 is 4.92 Å². The molecule has 0 saturated heterocycles. The summed E-state index contributed by atoms with van der Waals surface area (Å²) in [4.78, 5) is 25.9. The Morgan fingerprint density at radius 1 is 1.30 bits per heavy atom. The van der Waals surface area contributed by atoms with Crippen molar-refractivity contribution in [1.82, 2.24) is 10.3 Å². The van der Waals surface area contributed by atoms with Crippen molar-refractivity contribution in [3.63, 3.8) is 0 Å². The van der Waals surface area contributed by atoms with Crippen LogP contribution >= 0.6 is 11.6 Å². The molecule has 0 saturated carbocycles. The van der Waals surface area contributed by atoms with Gasteiger partial charge in [0.25, 0.3) is 11.6 Å². The number of halogens is 1. The fraction of sp³-hybridized carbons (Fsp3) is 0.0769. The highest BCUT2D eigenvalue weighted by Gasteiger charge is 2.09. The molecule has 20 heavy (non-hydrogen) atoms. The van der Waals surface area contributed by atoms with E-state index in [9.17, 15) is 14.9 Å². The molecule has 0 spiro atoms. The number of carbonyl (C=O) groups excluding carboxylic acids is 1. The molecule has 0 aliphatic carbocycles. The molecule has 1 amide bonds. The van der Waals surface area contributed by atoms with Gasteiger partial charge >= 0.3 is 0 Å². The van der Waals surface area contributed by atoms with E-state index in [1.54, 1.807) is 24.3 Å². The van der Waals surface area contributed by atoms with Crippen molar-refractivity contribution in [2.75, 3.05) is 0 Å². The normalized spacial score (nSPS) is 10.1. The third-order valence-electron chi connectivity index (χ3n) is 2.52. The Balaban J connectivity index is 2.03. The first-order valence-corrected chi connectivity index (χ1v) is 6.08. The van der Waals surface area contributed by atoms with Gasteiger partial charge in [0.1, 0.15) is 10.8 Å². The lowest BCUT2D eigenvalue weighted by atomic mass is 10.2. The largest absolute Gasteiger partial charge is 0.347 e. The second-order valence-corrected chi connectivity index (χ2v) is 4.34. The van der Waals surface area contributed by atoms with Gasteiger partial charge in [-0.1, -0.05) is 29.8 Å². The van der Waals surface area contributed by atoms with Crippen molar-refractivity contribution in [3.8, 4) is 0 Å². The zero-order valence-corrected chi connectivity index (χ0v) is 11.0. The van der Waals surface area contributed by atoms with Crippen molar-refractivity contribution in [1.29, 1.82) is 0 Å². The number of non-ortho nitro benzene ring substituents is 1. The van der Waals surface area contributed by atoms with Crippen LogP contribution in [0.3, 0.4) is 0 Å². The zero-order valence-electron chi connectivity index (χ0n) is 10.2. The molecule has 0 radical (unpaired) electrons. The maximum atomic E-state index is 11.8. The topological polar surface area (TPSA) is 85.1 Å². The molecular weight excluding hydrogens is 282 g/mol. The number of nitrogens with zero attached hydrogens (tertiary/aromatic N) is 2. The second-order valence-electron chi connectivity index (χ2n) is 3.96. The van der Waals surface area contributed by atoms with Gasteiger partial charge in [-0.25, -0.2) is 4.98 Å². The molecular formula is C13H10ClN3O3. The molecule has 0 atom stereocenters. The van der Waals surface area contributed by atoms with Gasteiger partial charge in [0.15, 0.2) is 0 Å². The maximum Gasteiger partial charge on any atom is 0.270 e. The average Bonchev–Trinajstić information content (AvgIpc) is 2.45. The predicted octanol–water partition coefficient (Wildman–Crippen LogP) is 2.57. The van der Waals surface area contributed by atoms with Gasteiger partial charge in [-0.15, -0.1) is 0 Å². The van der Waals surface area contributed by atoms with Crippen molar-refractivity contribution in [2.24, 2.45) is 0 Å². The Morgan fingerprint density at radius 2 is 2.05 bits per heavy atom. The number of carbonyl (C=O) groups is 1. The number of hydrogen-bond donors (Lipinski definition) is 1. The number of benzene rings is 1. The molecule has 6 nitrogen and oxygen atoms in total. The molecule has 1 aromatic carbocycles. The second kappa shape index (κ2) is 6.12. The summed E-state index contributed by atoms with van der Waals surface area (Å²) in [7, 11) is 0. The first-order chi connectivity index (χ1) is 9.56. The summed E-state index contributed by atoms with van der Waals surface area (Å²) in [6, 6.07) is 10.8. The molecule has 2 rings (SSSR count). The SMILES string of the molecule is O=C(NCc1cccc([N+](=O)[O-])c1)c1cccc(Cl)n1. The van der Waals surface area contributed by atoms with Gasteiger partial charge in [-0.05, 0) is 17.7 Å². The highest BCUT2D eigenvalue weighted by molar-refractivity contribution is 6.29. The van der Waals surface area contributed by atoms with Gasteiger partial charge in [-0.2, -0.15) is 0 Å². The van der Waals surface area contributed by atoms with E-state index in [4.69, 9.17) is 11.6 Å². The molecule has 102 valence electrons. The van der Waals surface area contributed by atoms with Crippen LogP contribution < -0.4 is 5.32 Å². The lowest BCUT2D eigenvalue weighted by molar-refractivity contribution is -0.384. The lowest BCUT2D eigenvalue weighted by Crippen LogP contribution is -2.23. The number of nitro groups is 1. The number of nitrogens with one attached hydrogen (secondary N) is 1. The molecule has 0 aliphatic heterocycles. The van der Waals surface area contributed by atoms with Crippen molar-refractivity contribution in [3.05, 3.63) is 69.0 Å². The van der Waals surface area contributed by atoms with Crippen LogP contribution in [-0.4, -0.2) is 15.8 Å². The minimum Gasteiger partial charge on any atom is -0.347 e.